The van der Waals surface area contributed by atoms with Gasteiger partial charge < -0.3 is 4.74 Å². The van der Waals surface area contributed by atoms with Gasteiger partial charge in [-0.25, -0.2) is 18.4 Å². The molecule has 1 unspecified atom stereocenters. The van der Waals surface area contributed by atoms with Crippen molar-refractivity contribution in [1.82, 2.24) is 19.7 Å². The Balaban J connectivity index is 1.74. The van der Waals surface area contributed by atoms with E-state index in [1.54, 1.807) is 18.3 Å². The largest absolute Gasteiger partial charge is 0.356 e. The normalized spacial score (nSPS) is 16.8. The highest BCUT2D eigenvalue weighted by Gasteiger charge is 2.23. The number of hydrogen-bond donors (Lipinski definition) is 0. The molecule has 0 radical (unpaired) electrons. The molecule has 0 N–H and O–H groups in total. The van der Waals surface area contributed by atoms with Crippen molar-refractivity contribution in [3.8, 4) is 22.5 Å². The van der Waals surface area contributed by atoms with Crippen molar-refractivity contribution in [2.24, 2.45) is 0 Å². The summed E-state index contributed by atoms with van der Waals surface area (Å²) in [6.07, 6.45) is 5.68. The van der Waals surface area contributed by atoms with Gasteiger partial charge in [0.25, 0.3) is 0 Å². The van der Waals surface area contributed by atoms with E-state index in [1.807, 2.05) is 10.7 Å². The molecule has 4 aromatic rings. The second-order valence-electron chi connectivity index (χ2n) is 7.17. The molecule has 152 valence electrons. The number of hydrogen-bond acceptors (Lipinski definition) is 4. The standard InChI is InChI=1S/C22H17ClF2N4O/c23-19-12-26-11-17(27-19)22-14-10-13(21-15(24)4-3-5-16(21)25)7-8-18(14)29(28-22)20-6-1-2-9-30-20/h3-5,7-8,10-12,20H,1-2,6,9H2. The first kappa shape index (κ1) is 19.1. The number of benzene rings is 2. The van der Waals surface area contributed by atoms with Crippen LogP contribution < -0.4 is 0 Å². The van der Waals surface area contributed by atoms with Crippen LogP contribution in [0.2, 0.25) is 5.15 Å². The van der Waals surface area contributed by atoms with Crippen molar-refractivity contribution in [2.45, 2.75) is 25.5 Å². The van der Waals surface area contributed by atoms with Gasteiger partial charge in [0.05, 0.1) is 23.5 Å². The third-order valence-electron chi connectivity index (χ3n) is 5.23. The lowest BCUT2D eigenvalue weighted by atomic mass is 10.0. The first-order chi connectivity index (χ1) is 14.6. The maximum atomic E-state index is 14.4. The average Bonchev–Trinajstić information content (AvgIpc) is 3.13. The van der Waals surface area contributed by atoms with E-state index in [0.717, 1.165) is 24.8 Å². The van der Waals surface area contributed by atoms with Crippen molar-refractivity contribution < 1.29 is 13.5 Å². The van der Waals surface area contributed by atoms with Gasteiger partial charge in [0.1, 0.15) is 28.2 Å². The molecule has 0 amide bonds. The summed E-state index contributed by atoms with van der Waals surface area (Å²) in [7, 11) is 0. The number of aromatic nitrogens is 4. The molecule has 1 aliphatic heterocycles. The molecule has 5 rings (SSSR count). The summed E-state index contributed by atoms with van der Waals surface area (Å²) in [6.45, 7) is 0.664. The van der Waals surface area contributed by atoms with E-state index in [1.165, 1.54) is 24.4 Å². The lowest BCUT2D eigenvalue weighted by Gasteiger charge is -2.23. The van der Waals surface area contributed by atoms with Crippen molar-refractivity contribution in [3.05, 3.63) is 65.6 Å². The van der Waals surface area contributed by atoms with Crippen LogP contribution in [0.1, 0.15) is 25.5 Å². The Bertz CT molecular complexity index is 1220. The highest BCUT2D eigenvalue weighted by atomic mass is 35.5. The minimum Gasteiger partial charge on any atom is -0.356 e. The Hall–Kier alpha value is -2.90. The monoisotopic (exact) mass is 426 g/mol. The summed E-state index contributed by atoms with van der Waals surface area (Å²) in [5.41, 5.74) is 2.14. The topological polar surface area (TPSA) is 52.8 Å². The van der Waals surface area contributed by atoms with Gasteiger partial charge in [-0.05, 0) is 49.1 Å². The van der Waals surface area contributed by atoms with Crippen LogP contribution in [-0.4, -0.2) is 26.4 Å². The Morgan fingerprint density at radius 1 is 1.07 bits per heavy atom. The third-order valence-corrected chi connectivity index (χ3v) is 5.42. The summed E-state index contributed by atoms with van der Waals surface area (Å²) in [6, 6.07) is 9.05. The first-order valence-corrected chi connectivity index (χ1v) is 10.1. The van der Waals surface area contributed by atoms with Crippen LogP contribution in [0.4, 0.5) is 8.78 Å². The summed E-state index contributed by atoms with van der Waals surface area (Å²) in [4.78, 5) is 8.43. The molecule has 0 bridgehead atoms. The van der Waals surface area contributed by atoms with Gasteiger partial charge in [-0.3, -0.25) is 4.98 Å². The maximum absolute atomic E-state index is 14.4. The van der Waals surface area contributed by atoms with Crippen LogP contribution in [0, 0.1) is 11.6 Å². The molecule has 2 aromatic carbocycles. The number of nitrogens with zero attached hydrogens (tertiary/aromatic N) is 4. The fraction of sp³-hybridized carbons (Fsp3) is 0.227. The van der Waals surface area contributed by atoms with Gasteiger partial charge in [-0.1, -0.05) is 23.7 Å². The number of rotatable bonds is 3. The van der Waals surface area contributed by atoms with Crippen LogP contribution in [-0.2, 0) is 4.74 Å². The van der Waals surface area contributed by atoms with Crippen LogP contribution in [0.15, 0.2) is 48.8 Å². The Morgan fingerprint density at radius 3 is 2.63 bits per heavy atom. The van der Waals surface area contributed by atoms with E-state index in [4.69, 9.17) is 21.4 Å². The van der Waals surface area contributed by atoms with Gasteiger partial charge in [-0.15, -0.1) is 0 Å². The molecule has 0 spiro atoms. The highest BCUT2D eigenvalue weighted by molar-refractivity contribution is 6.29. The quantitative estimate of drug-likeness (QED) is 0.416. The lowest BCUT2D eigenvalue weighted by molar-refractivity contribution is -0.0365. The SMILES string of the molecule is Fc1cccc(F)c1-c1ccc2c(c1)c(-c1cncc(Cl)n1)nn2C1CCCCO1. The summed E-state index contributed by atoms with van der Waals surface area (Å²) >= 11 is 6.04. The van der Waals surface area contributed by atoms with Crippen molar-refractivity contribution in [3.63, 3.8) is 0 Å². The second-order valence-corrected chi connectivity index (χ2v) is 7.56. The Kier molecular flexibility index (Phi) is 4.92. The van der Waals surface area contributed by atoms with E-state index >= 15 is 0 Å². The lowest BCUT2D eigenvalue weighted by Crippen LogP contribution is -2.19. The Labute approximate surface area is 176 Å². The Morgan fingerprint density at radius 2 is 1.90 bits per heavy atom. The molecule has 1 atom stereocenters. The van der Waals surface area contributed by atoms with E-state index < -0.39 is 11.6 Å². The van der Waals surface area contributed by atoms with Gasteiger partial charge in [0.2, 0.25) is 0 Å². The molecule has 3 heterocycles. The van der Waals surface area contributed by atoms with Crippen molar-refractivity contribution in [2.75, 3.05) is 6.61 Å². The van der Waals surface area contributed by atoms with E-state index in [-0.39, 0.29) is 16.9 Å². The number of fused-ring (bicyclic) bond motifs is 1. The van der Waals surface area contributed by atoms with E-state index in [9.17, 15) is 8.78 Å². The summed E-state index contributed by atoms with van der Waals surface area (Å²) < 4.78 is 36.5. The molecule has 0 saturated carbocycles. The average molecular weight is 427 g/mol. The maximum Gasteiger partial charge on any atom is 0.150 e. The molecule has 30 heavy (non-hydrogen) atoms. The fourth-order valence-electron chi connectivity index (χ4n) is 3.85. The van der Waals surface area contributed by atoms with E-state index in [2.05, 4.69) is 9.97 Å². The van der Waals surface area contributed by atoms with Crippen LogP contribution in [0.5, 0.6) is 0 Å². The predicted octanol–water partition coefficient (Wildman–Crippen LogP) is 5.79. The zero-order chi connectivity index (χ0) is 20.7. The molecule has 1 saturated heterocycles. The molecule has 8 heteroatoms. The first-order valence-electron chi connectivity index (χ1n) is 9.68. The predicted molar refractivity (Wildman–Crippen MR) is 110 cm³/mol. The minimum absolute atomic E-state index is 0.0794. The van der Waals surface area contributed by atoms with Crippen molar-refractivity contribution in [1.29, 1.82) is 0 Å². The molecule has 1 aliphatic rings. The van der Waals surface area contributed by atoms with Gasteiger partial charge in [-0.2, -0.15) is 5.10 Å². The van der Waals surface area contributed by atoms with Crippen LogP contribution >= 0.6 is 11.6 Å². The zero-order valence-electron chi connectivity index (χ0n) is 15.9. The van der Waals surface area contributed by atoms with Gasteiger partial charge in [0.15, 0.2) is 6.23 Å². The van der Waals surface area contributed by atoms with Crippen molar-refractivity contribution >= 4 is 22.5 Å². The van der Waals surface area contributed by atoms with Crippen LogP contribution in [0.25, 0.3) is 33.4 Å². The number of ether oxygens (including phenoxy) is 1. The van der Waals surface area contributed by atoms with Crippen LogP contribution in [0.3, 0.4) is 0 Å². The zero-order valence-corrected chi connectivity index (χ0v) is 16.6. The molecular weight excluding hydrogens is 410 g/mol. The summed E-state index contributed by atoms with van der Waals surface area (Å²) in [5.74, 6) is -1.25. The smallest absolute Gasteiger partial charge is 0.150 e. The van der Waals surface area contributed by atoms with Gasteiger partial charge >= 0.3 is 0 Å². The highest BCUT2D eigenvalue weighted by Crippen LogP contribution is 2.36. The molecular formula is C22H17ClF2N4O. The third kappa shape index (κ3) is 3.34. The van der Waals surface area contributed by atoms with E-state index in [0.29, 0.717) is 28.9 Å². The second kappa shape index (κ2) is 7.74. The van der Waals surface area contributed by atoms with Gasteiger partial charge in [0, 0.05) is 12.0 Å². The molecule has 2 aromatic heterocycles. The number of halogens is 3. The minimum atomic E-state index is -0.624. The fourth-order valence-corrected chi connectivity index (χ4v) is 4.00. The molecule has 5 nitrogen and oxygen atoms in total. The molecule has 0 aliphatic carbocycles. The summed E-state index contributed by atoms with van der Waals surface area (Å²) in [5, 5.41) is 5.68. The molecule has 1 fully saturated rings.